The van der Waals surface area contributed by atoms with Crippen molar-refractivity contribution in [1.29, 1.82) is 0 Å². The zero-order chi connectivity index (χ0) is 12.3. The molecule has 0 aliphatic heterocycles. The molecule has 0 radical (unpaired) electrons. The third-order valence-corrected chi connectivity index (χ3v) is 4.38. The summed E-state index contributed by atoms with van der Waals surface area (Å²) in [4.78, 5) is 0.222. The van der Waals surface area contributed by atoms with Crippen LogP contribution < -0.4 is 5.73 Å². The van der Waals surface area contributed by atoms with Gasteiger partial charge in [-0.15, -0.1) is 0 Å². The number of rotatable bonds is 5. The van der Waals surface area contributed by atoms with Gasteiger partial charge in [0.15, 0.2) is 0 Å². The summed E-state index contributed by atoms with van der Waals surface area (Å²) >= 11 is 0. The Kier molecular flexibility index (Phi) is 4.06. The minimum atomic E-state index is -3.45. The first-order valence-electron chi connectivity index (χ1n) is 5.06. The number of aryl methyl sites for hydroxylation is 1. The summed E-state index contributed by atoms with van der Waals surface area (Å²) in [5.41, 5.74) is 6.02. The van der Waals surface area contributed by atoms with E-state index in [0.29, 0.717) is 18.8 Å². The molecule has 7 heteroatoms. The molecule has 0 aliphatic rings. The summed E-state index contributed by atoms with van der Waals surface area (Å²) in [6.45, 7) is 4.46. The van der Waals surface area contributed by atoms with E-state index in [1.54, 1.807) is 14.0 Å². The van der Waals surface area contributed by atoms with Gasteiger partial charge in [-0.1, -0.05) is 6.92 Å². The van der Waals surface area contributed by atoms with Crippen molar-refractivity contribution in [3.63, 3.8) is 0 Å². The Morgan fingerprint density at radius 3 is 2.69 bits per heavy atom. The third-order valence-electron chi connectivity index (χ3n) is 2.44. The van der Waals surface area contributed by atoms with Gasteiger partial charge in [0.1, 0.15) is 4.90 Å². The molecular weight excluding hydrogens is 228 g/mol. The zero-order valence-electron chi connectivity index (χ0n) is 9.77. The van der Waals surface area contributed by atoms with Crippen molar-refractivity contribution in [3.05, 3.63) is 11.9 Å². The lowest BCUT2D eigenvalue weighted by Gasteiger charge is -2.19. The quantitative estimate of drug-likeness (QED) is 0.761. The highest BCUT2D eigenvalue weighted by Crippen LogP contribution is 2.16. The summed E-state index contributed by atoms with van der Waals surface area (Å²) in [5, 5.41) is 6.33. The minimum Gasteiger partial charge on any atom is -0.330 e. The Bertz CT molecular complexity index is 440. The fourth-order valence-electron chi connectivity index (χ4n) is 1.38. The van der Waals surface area contributed by atoms with Crippen LogP contribution in [-0.2, 0) is 10.0 Å². The molecule has 1 atom stereocenters. The van der Waals surface area contributed by atoms with Crippen LogP contribution in [0.1, 0.15) is 12.6 Å². The van der Waals surface area contributed by atoms with Crippen LogP contribution in [0.25, 0.3) is 0 Å². The first kappa shape index (κ1) is 13.1. The fourth-order valence-corrected chi connectivity index (χ4v) is 2.78. The van der Waals surface area contributed by atoms with Gasteiger partial charge in [-0.25, -0.2) is 12.7 Å². The van der Waals surface area contributed by atoms with Gasteiger partial charge in [-0.2, -0.15) is 5.10 Å². The molecule has 0 saturated heterocycles. The maximum Gasteiger partial charge on any atom is 0.246 e. The Balaban J connectivity index is 2.91. The Morgan fingerprint density at radius 2 is 2.25 bits per heavy atom. The number of hydrogen-bond donors (Lipinski definition) is 2. The molecule has 3 N–H and O–H groups in total. The smallest absolute Gasteiger partial charge is 0.246 e. The van der Waals surface area contributed by atoms with Crippen LogP contribution in [0.2, 0.25) is 0 Å². The molecule has 1 aromatic heterocycles. The molecule has 0 aromatic carbocycles. The summed E-state index contributed by atoms with van der Waals surface area (Å²) in [7, 11) is -1.90. The van der Waals surface area contributed by atoms with Crippen LogP contribution in [0.4, 0.5) is 0 Å². The number of aromatic nitrogens is 2. The lowest BCUT2D eigenvalue weighted by molar-refractivity contribution is 0.405. The lowest BCUT2D eigenvalue weighted by Crippen LogP contribution is -2.33. The van der Waals surface area contributed by atoms with Crippen molar-refractivity contribution >= 4 is 10.0 Å². The molecule has 0 amide bonds. The van der Waals surface area contributed by atoms with Crippen molar-refractivity contribution in [3.8, 4) is 0 Å². The second-order valence-electron chi connectivity index (χ2n) is 3.99. The fraction of sp³-hybridized carbons (Fsp3) is 0.667. The largest absolute Gasteiger partial charge is 0.330 e. The molecule has 0 bridgehead atoms. The summed E-state index contributed by atoms with van der Waals surface area (Å²) < 4.78 is 25.5. The SMILES string of the molecule is Cc1[nH]ncc1S(=O)(=O)N(C)CC(C)CN. The second-order valence-corrected chi connectivity index (χ2v) is 6.00. The van der Waals surface area contributed by atoms with Crippen LogP contribution in [0, 0.1) is 12.8 Å². The van der Waals surface area contributed by atoms with Gasteiger partial charge in [0.05, 0.1) is 11.9 Å². The molecule has 6 nitrogen and oxygen atoms in total. The van der Waals surface area contributed by atoms with Crippen molar-refractivity contribution in [2.24, 2.45) is 11.7 Å². The van der Waals surface area contributed by atoms with Crippen LogP contribution in [0.15, 0.2) is 11.1 Å². The number of nitrogens with two attached hydrogens (primary N) is 1. The van der Waals surface area contributed by atoms with Crippen LogP contribution >= 0.6 is 0 Å². The van der Waals surface area contributed by atoms with E-state index >= 15 is 0 Å². The molecule has 0 fully saturated rings. The van der Waals surface area contributed by atoms with Gasteiger partial charge >= 0.3 is 0 Å². The average Bonchev–Trinajstić information content (AvgIpc) is 2.64. The first-order chi connectivity index (χ1) is 7.39. The van der Waals surface area contributed by atoms with E-state index in [0.717, 1.165) is 0 Å². The second kappa shape index (κ2) is 4.94. The maximum absolute atomic E-state index is 12.1. The molecule has 92 valence electrons. The van der Waals surface area contributed by atoms with E-state index in [1.165, 1.54) is 10.5 Å². The highest BCUT2D eigenvalue weighted by Gasteiger charge is 2.24. The van der Waals surface area contributed by atoms with Gasteiger partial charge in [0.25, 0.3) is 0 Å². The van der Waals surface area contributed by atoms with Gasteiger partial charge in [-0.05, 0) is 19.4 Å². The number of sulfonamides is 1. The molecule has 1 heterocycles. The molecule has 1 aromatic rings. The number of H-pyrrole nitrogens is 1. The molecular formula is C9H18N4O2S. The van der Waals surface area contributed by atoms with Crippen LogP contribution in [0.3, 0.4) is 0 Å². The van der Waals surface area contributed by atoms with Gasteiger partial charge in [0.2, 0.25) is 10.0 Å². The predicted octanol–water partition coefficient (Wildman–Crippen LogP) is -0.0666. The number of nitrogens with zero attached hydrogens (tertiary/aromatic N) is 2. The van der Waals surface area contributed by atoms with E-state index in [1.807, 2.05) is 6.92 Å². The predicted molar refractivity (Wildman–Crippen MR) is 61.4 cm³/mol. The summed E-state index contributed by atoms with van der Waals surface area (Å²) in [5.74, 6) is 0.131. The van der Waals surface area contributed by atoms with Crippen LogP contribution in [-0.4, -0.2) is 43.1 Å². The summed E-state index contributed by atoms with van der Waals surface area (Å²) in [6.07, 6.45) is 1.33. The van der Waals surface area contributed by atoms with Gasteiger partial charge in [-0.3, -0.25) is 5.10 Å². The third kappa shape index (κ3) is 2.60. The Morgan fingerprint density at radius 1 is 1.62 bits per heavy atom. The monoisotopic (exact) mass is 246 g/mol. The van der Waals surface area contributed by atoms with Crippen molar-refractivity contribution in [1.82, 2.24) is 14.5 Å². The van der Waals surface area contributed by atoms with Crippen molar-refractivity contribution in [2.75, 3.05) is 20.1 Å². The molecule has 1 unspecified atom stereocenters. The normalized spacial score (nSPS) is 14.3. The number of aromatic amines is 1. The number of hydrogen-bond acceptors (Lipinski definition) is 4. The average molecular weight is 246 g/mol. The van der Waals surface area contributed by atoms with E-state index in [-0.39, 0.29) is 10.8 Å². The van der Waals surface area contributed by atoms with Gasteiger partial charge in [0, 0.05) is 13.6 Å². The number of nitrogens with one attached hydrogen (secondary N) is 1. The molecule has 0 spiro atoms. The van der Waals surface area contributed by atoms with E-state index in [2.05, 4.69) is 10.2 Å². The first-order valence-corrected chi connectivity index (χ1v) is 6.50. The molecule has 16 heavy (non-hydrogen) atoms. The van der Waals surface area contributed by atoms with Crippen molar-refractivity contribution in [2.45, 2.75) is 18.7 Å². The van der Waals surface area contributed by atoms with Crippen LogP contribution in [0.5, 0.6) is 0 Å². The van der Waals surface area contributed by atoms with Crippen molar-refractivity contribution < 1.29 is 8.42 Å². The molecule has 0 aliphatic carbocycles. The maximum atomic E-state index is 12.1. The Hall–Kier alpha value is -0.920. The lowest BCUT2D eigenvalue weighted by atomic mass is 10.2. The molecule has 1 rings (SSSR count). The van der Waals surface area contributed by atoms with E-state index in [4.69, 9.17) is 5.73 Å². The topological polar surface area (TPSA) is 92.1 Å². The van der Waals surface area contributed by atoms with E-state index < -0.39 is 10.0 Å². The highest BCUT2D eigenvalue weighted by molar-refractivity contribution is 7.89. The van der Waals surface area contributed by atoms with E-state index in [9.17, 15) is 8.42 Å². The summed E-state index contributed by atoms with van der Waals surface area (Å²) in [6, 6.07) is 0. The zero-order valence-corrected chi connectivity index (χ0v) is 10.6. The Labute approximate surface area is 95.9 Å². The highest BCUT2D eigenvalue weighted by atomic mass is 32.2. The standard InChI is InChI=1S/C9H18N4O2S/c1-7(4-10)6-13(3)16(14,15)9-5-11-12-8(9)2/h5,7H,4,6,10H2,1-3H3,(H,11,12). The van der Waals surface area contributed by atoms with Gasteiger partial charge < -0.3 is 5.73 Å². The molecule has 0 saturated carbocycles. The minimum absolute atomic E-state index is 0.131.